The summed E-state index contributed by atoms with van der Waals surface area (Å²) in [7, 11) is 0. The van der Waals surface area contributed by atoms with Crippen LogP contribution in [0, 0.1) is 50.2 Å². The van der Waals surface area contributed by atoms with E-state index >= 15 is 0 Å². The first-order valence-electron chi connectivity index (χ1n) is 16.0. The second-order valence-corrected chi connectivity index (χ2v) is 16.9. The zero-order valence-electron chi connectivity index (χ0n) is 26.6. The number of aliphatic hydroxyl groups is 1. The fourth-order valence-corrected chi connectivity index (χ4v) is 11.8. The van der Waals surface area contributed by atoms with Crippen LogP contribution in [0.2, 0.25) is 0 Å². The van der Waals surface area contributed by atoms with E-state index in [0.29, 0.717) is 37.7 Å². The minimum absolute atomic E-state index is 0.000304. The van der Waals surface area contributed by atoms with E-state index in [0.717, 1.165) is 44.1 Å². The SMILES string of the molecule is CC(C)=CC(=O)OC1CC(C)(C)C[C@H]2C3=CC[C@@H]4[C@]56CCC(O)(OC5)C(C)(C)[C@@H]6CC[C@@]4(C)[C@]3(C)CC[C@@]12C(=O)O. The molecule has 2 saturated heterocycles. The van der Waals surface area contributed by atoms with Crippen LogP contribution in [0.1, 0.15) is 113 Å². The van der Waals surface area contributed by atoms with Gasteiger partial charge in [0.1, 0.15) is 11.5 Å². The second kappa shape index (κ2) is 8.71. The molecule has 1 spiro atoms. The molecule has 0 aromatic heterocycles. The lowest BCUT2D eigenvalue weighted by molar-refractivity contribution is -0.395. The zero-order valence-corrected chi connectivity index (χ0v) is 26.6. The van der Waals surface area contributed by atoms with Gasteiger partial charge in [0.15, 0.2) is 5.79 Å². The molecule has 0 radical (unpaired) electrons. The van der Waals surface area contributed by atoms with Crippen LogP contribution >= 0.6 is 0 Å². The number of fused-ring (bicyclic) bond motifs is 7. The Labute approximate surface area is 246 Å². The predicted octanol–water partition coefficient (Wildman–Crippen LogP) is 7.06. The zero-order chi connectivity index (χ0) is 30.0. The van der Waals surface area contributed by atoms with Gasteiger partial charge in [-0.1, -0.05) is 58.8 Å². The molecule has 2 heterocycles. The first kappa shape index (κ1) is 29.4. The normalized spacial score (nSPS) is 48.9. The van der Waals surface area contributed by atoms with Crippen molar-refractivity contribution in [3.05, 3.63) is 23.3 Å². The highest BCUT2D eigenvalue weighted by Gasteiger charge is 2.75. The third-order valence-electron chi connectivity index (χ3n) is 14.1. The quantitative estimate of drug-likeness (QED) is 0.215. The van der Waals surface area contributed by atoms with Crippen molar-refractivity contribution in [3.63, 3.8) is 0 Å². The Morgan fingerprint density at radius 3 is 2.29 bits per heavy atom. The molecule has 6 nitrogen and oxygen atoms in total. The van der Waals surface area contributed by atoms with Crippen molar-refractivity contribution in [1.29, 1.82) is 0 Å². The lowest BCUT2D eigenvalue weighted by Crippen LogP contribution is -2.73. The molecule has 5 aliphatic carbocycles. The number of allylic oxidation sites excluding steroid dienone is 3. The average molecular weight is 569 g/mol. The third kappa shape index (κ3) is 3.62. The molecule has 0 aromatic rings. The van der Waals surface area contributed by atoms with Crippen molar-refractivity contribution in [2.24, 2.45) is 50.2 Å². The van der Waals surface area contributed by atoms with Crippen LogP contribution in [0.3, 0.4) is 0 Å². The summed E-state index contributed by atoms with van der Waals surface area (Å²) in [4.78, 5) is 26.3. The monoisotopic (exact) mass is 568 g/mol. The highest BCUT2D eigenvalue weighted by molar-refractivity contribution is 5.84. The molecule has 2 bridgehead atoms. The van der Waals surface area contributed by atoms with Crippen LogP contribution in [0.5, 0.6) is 0 Å². The molecule has 7 rings (SSSR count). The second-order valence-electron chi connectivity index (χ2n) is 16.9. The Morgan fingerprint density at radius 1 is 0.976 bits per heavy atom. The summed E-state index contributed by atoms with van der Waals surface area (Å²) in [5, 5.41) is 22.4. The molecule has 41 heavy (non-hydrogen) atoms. The van der Waals surface area contributed by atoms with Gasteiger partial charge in [-0.15, -0.1) is 0 Å². The van der Waals surface area contributed by atoms with Crippen LogP contribution in [-0.4, -0.2) is 40.6 Å². The van der Waals surface area contributed by atoms with Gasteiger partial charge in [-0.2, -0.15) is 0 Å². The number of rotatable bonds is 3. The van der Waals surface area contributed by atoms with Gasteiger partial charge in [0.25, 0.3) is 0 Å². The smallest absolute Gasteiger partial charge is 0.330 e. The molecule has 2 aliphatic heterocycles. The standard InChI is InChI=1S/C35H52O6/c1-21(2)17-27(36)41-26-19-29(3,4)18-23-22-9-10-25-32(8,31(22,7)13-15-34(23,26)28(37)38)12-11-24-30(5,6)35(39)16-14-33(24,25)20-40-35/h9,17,23-26,39H,10-16,18-20H2,1-8H3,(H,37,38)/t23-,24-,25-,26?,31+,32+,33+,34-,35?/m0/s1. The van der Waals surface area contributed by atoms with Gasteiger partial charge in [-0.25, -0.2) is 4.79 Å². The molecule has 4 saturated carbocycles. The molecule has 2 N–H and O–H groups in total. The van der Waals surface area contributed by atoms with E-state index in [1.54, 1.807) is 0 Å². The highest BCUT2D eigenvalue weighted by Crippen LogP contribution is 2.78. The van der Waals surface area contributed by atoms with Crippen molar-refractivity contribution in [3.8, 4) is 0 Å². The first-order chi connectivity index (χ1) is 18.9. The van der Waals surface area contributed by atoms with Crippen molar-refractivity contribution in [2.45, 2.75) is 125 Å². The maximum Gasteiger partial charge on any atom is 0.330 e. The summed E-state index contributed by atoms with van der Waals surface area (Å²) in [6, 6.07) is 0. The van der Waals surface area contributed by atoms with Gasteiger partial charge >= 0.3 is 11.9 Å². The van der Waals surface area contributed by atoms with Crippen molar-refractivity contribution >= 4 is 11.9 Å². The van der Waals surface area contributed by atoms with Gasteiger partial charge in [0.2, 0.25) is 0 Å². The number of carboxylic acid groups (broad SMARTS) is 1. The minimum atomic E-state index is -1.11. The molecule has 0 amide bonds. The minimum Gasteiger partial charge on any atom is -0.481 e. The Morgan fingerprint density at radius 2 is 1.68 bits per heavy atom. The molecule has 6 heteroatoms. The highest BCUT2D eigenvalue weighted by atomic mass is 16.6. The van der Waals surface area contributed by atoms with Gasteiger partial charge in [0, 0.05) is 29.2 Å². The molecule has 9 atom stereocenters. The number of carbonyl (C=O) groups is 2. The Balaban J connectivity index is 1.44. The fraction of sp³-hybridized carbons (Fsp3) is 0.829. The van der Waals surface area contributed by atoms with Crippen molar-refractivity contribution in [2.75, 3.05) is 6.61 Å². The van der Waals surface area contributed by atoms with E-state index in [9.17, 15) is 19.8 Å². The first-order valence-corrected chi connectivity index (χ1v) is 16.0. The lowest BCUT2D eigenvalue weighted by atomic mass is 9.32. The number of carbonyl (C=O) groups excluding carboxylic acids is 1. The van der Waals surface area contributed by atoms with Crippen LogP contribution in [0.25, 0.3) is 0 Å². The van der Waals surface area contributed by atoms with Crippen LogP contribution in [-0.2, 0) is 19.1 Å². The maximum atomic E-state index is 13.4. The summed E-state index contributed by atoms with van der Waals surface area (Å²) < 4.78 is 12.4. The van der Waals surface area contributed by atoms with Gasteiger partial charge in [-0.05, 0) is 93.3 Å². The predicted molar refractivity (Wildman–Crippen MR) is 157 cm³/mol. The Kier molecular flexibility index (Phi) is 6.25. The molecular formula is C35H52O6. The fourth-order valence-electron chi connectivity index (χ4n) is 11.8. The van der Waals surface area contributed by atoms with E-state index in [-0.39, 0.29) is 33.0 Å². The number of ether oxygens (including phenoxy) is 2. The van der Waals surface area contributed by atoms with Gasteiger partial charge in [-0.3, -0.25) is 4.79 Å². The van der Waals surface area contributed by atoms with E-state index < -0.39 is 29.2 Å². The maximum absolute atomic E-state index is 13.4. The largest absolute Gasteiger partial charge is 0.481 e. The number of esters is 1. The van der Waals surface area contributed by atoms with Gasteiger partial charge < -0.3 is 19.7 Å². The summed E-state index contributed by atoms with van der Waals surface area (Å²) in [5.74, 6) is -1.63. The molecule has 228 valence electrons. The molecule has 2 unspecified atom stereocenters. The van der Waals surface area contributed by atoms with E-state index in [1.165, 1.54) is 11.6 Å². The Bertz CT molecular complexity index is 1210. The molecule has 7 aliphatic rings. The van der Waals surface area contributed by atoms with E-state index in [2.05, 4.69) is 47.6 Å². The summed E-state index contributed by atoms with van der Waals surface area (Å²) in [6.45, 7) is 18.1. The number of hydrogen-bond donors (Lipinski definition) is 2. The average Bonchev–Trinajstić information content (AvgIpc) is 2.84. The van der Waals surface area contributed by atoms with Crippen LogP contribution in [0.4, 0.5) is 0 Å². The summed E-state index contributed by atoms with van der Waals surface area (Å²) in [5.41, 5.74) is 0.486. The lowest BCUT2D eigenvalue weighted by Gasteiger charge is -2.74. The van der Waals surface area contributed by atoms with Crippen LogP contribution in [0.15, 0.2) is 23.3 Å². The third-order valence-corrected chi connectivity index (χ3v) is 14.1. The Hall–Kier alpha value is -1.66. The molecule has 0 aromatic carbocycles. The van der Waals surface area contributed by atoms with E-state index in [1.807, 2.05) is 13.8 Å². The van der Waals surface area contributed by atoms with Crippen LogP contribution < -0.4 is 0 Å². The topological polar surface area (TPSA) is 93.1 Å². The van der Waals surface area contributed by atoms with Gasteiger partial charge in [0.05, 0.1) is 6.61 Å². The number of hydrogen-bond acceptors (Lipinski definition) is 5. The number of carboxylic acids is 1. The molecule has 6 fully saturated rings. The van der Waals surface area contributed by atoms with Crippen molar-refractivity contribution < 1.29 is 29.3 Å². The van der Waals surface area contributed by atoms with E-state index in [4.69, 9.17) is 9.47 Å². The number of aliphatic carboxylic acids is 1. The summed E-state index contributed by atoms with van der Waals surface area (Å²) >= 11 is 0. The summed E-state index contributed by atoms with van der Waals surface area (Å²) in [6.07, 6.45) is 10.6. The van der Waals surface area contributed by atoms with Crippen molar-refractivity contribution in [1.82, 2.24) is 0 Å². The molecular weight excluding hydrogens is 516 g/mol.